The number of rotatable bonds is 6. The highest BCUT2D eigenvalue weighted by atomic mass is 19.4. The molecule has 0 radical (unpaired) electrons. The van der Waals surface area contributed by atoms with Gasteiger partial charge in [-0.1, -0.05) is 12.1 Å². The van der Waals surface area contributed by atoms with Crippen molar-refractivity contribution in [1.82, 2.24) is 5.32 Å². The zero-order chi connectivity index (χ0) is 15.5. The summed E-state index contributed by atoms with van der Waals surface area (Å²) in [6.07, 6.45) is -1.87. The number of nitrogens with one attached hydrogen (secondary N) is 1. The zero-order valence-corrected chi connectivity index (χ0v) is 11.5. The first kappa shape index (κ1) is 15.8. The minimum absolute atomic E-state index is 0.0756. The van der Waals surface area contributed by atoms with E-state index in [1.807, 2.05) is 0 Å². The second-order valence-corrected chi connectivity index (χ2v) is 5.63. The summed E-state index contributed by atoms with van der Waals surface area (Å²) in [4.78, 5) is 11.7. The van der Waals surface area contributed by atoms with Crippen LogP contribution in [0.25, 0.3) is 0 Å². The van der Waals surface area contributed by atoms with E-state index >= 15 is 0 Å². The summed E-state index contributed by atoms with van der Waals surface area (Å²) >= 11 is 0. The van der Waals surface area contributed by atoms with Crippen LogP contribution in [0, 0.1) is 5.41 Å². The molecule has 0 atom stereocenters. The smallest absolute Gasteiger partial charge is 0.396 e. The molecule has 3 nitrogen and oxygen atoms in total. The van der Waals surface area contributed by atoms with Gasteiger partial charge in [0.2, 0.25) is 5.91 Å². The van der Waals surface area contributed by atoms with Crippen LogP contribution in [-0.2, 0) is 17.4 Å². The molecule has 1 amide bonds. The first-order valence-corrected chi connectivity index (χ1v) is 6.88. The molecule has 1 aromatic rings. The van der Waals surface area contributed by atoms with Gasteiger partial charge in [0.15, 0.2) is 0 Å². The Morgan fingerprint density at radius 1 is 1.24 bits per heavy atom. The number of hydrogen-bond acceptors (Lipinski definition) is 2. The maximum Gasteiger partial charge on any atom is 0.416 e. The van der Waals surface area contributed by atoms with E-state index in [9.17, 15) is 18.0 Å². The fraction of sp³-hybridized carbons (Fsp3) is 0.533. The van der Waals surface area contributed by atoms with Crippen LogP contribution in [0.2, 0.25) is 0 Å². The van der Waals surface area contributed by atoms with Crippen LogP contribution in [0.1, 0.15) is 30.4 Å². The highest BCUT2D eigenvalue weighted by Crippen LogP contribution is 2.44. The van der Waals surface area contributed by atoms with Crippen molar-refractivity contribution in [3.8, 4) is 0 Å². The van der Waals surface area contributed by atoms with E-state index < -0.39 is 11.7 Å². The van der Waals surface area contributed by atoms with Gasteiger partial charge in [-0.3, -0.25) is 4.79 Å². The SMILES string of the molecule is O=C(CCc1ccc(C(F)(F)F)cc1)NCC1(CO)CC1. The number of carbonyl (C=O) groups is 1. The molecule has 0 unspecified atom stereocenters. The van der Waals surface area contributed by atoms with Gasteiger partial charge in [0.1, 0.15) is 0 Å². The average Bonchev–Trinajstić information content (AvgIpc) is 3.23. The molecule has 0 bridgehead atoms. The molecular formula is C15H18F3NO2. The summed E-state index contributed by atoms with van der Waals surface area (Å²) in [7, 11) is 0. The second kappa shape index (κ2) is 6.05. The molecule has 0 spiro atoms. The monoisotopic (exact) mass is 301 g/mol. The summed E-state index contributed by atoms with van der Waals surface area (Å²) in [5, 5.41) is 11.9. The first-order chi connectivity index (χ1) is 9.85. The minimum Gasteiger partial charge on any atom is -0.396 e. The topological polar surface area (TPSA) is 49.3 Å². The van der Waals surface area contributed by atoms with E-state index in [4.69, 9.17) is 5.11 Å². The maximum atomic E-state index is 12.4. The van der Waals surface area contributed by atoms with Gasteiger partial charge in [-0.15, -0.1) is 0 Å². The number of hydrogen-bond donors (Lipinski definition) is 2. The van der Waals surface area contributed by atoms with E-state index in [0.29, 0.717) is 18.5 Å². The minimum atomic E-state index is -4.33. The van der Waals surface area contributed by atoms with Gasteiger partial charge in [0.05, 0.1) is 12.2 Å². The predicted molar refractivity (Wildman–Crippen MR) is 71.5 cm³/mol. The molecule has 2 N–H and O–H groups in total. The molecule has 1 fully saturated rings. The van der Waals surface area contributed by atoms with Crippen molar-refractivity contribution in [2.45, 2.75) is 31.9 Å². The lowest BCUT2D eigenvalue weighted by Gasteiger charge is -2.12. The Morgan fingerprint density at radius 2 is 1.86 bits per heavy atom. The van der Waals surface area contributed by atoms with Crippen LogP contribution >= 0.6 is 0 Å². The average molecular weight is 301 g/mol. The van der Waals surface area contributed by atoms with Crippen LogP contribution in [-0.4, -0.2) is 24.2 Å². The van der Waals surface area contributed by atoms with Crippen molar-refractivity contribution >= 4 is 5.91 Å². The summed E-state index contributed by atoms with van der Waals surface area (Å²) < 4.78 is 37.2. The van der Waals surface area contributed by atoms with Crippen LogP contribution in [0.5, 0.6) is 0 Å². The quantitative estimate of drug-likeness (QED) is 0.848. The Hall–Kier alpha value is -1.56. The molecule has 2 rings (SSSR count). The van der Waals surface area contributed by atoms with Crippen molar-refractivity contribution in [3.63, 3.8) is 0 Å². The summed E-state index contributed by atoms with van der Waals surface area (Å²) in [6.45, 7) is 0.543. The van der Waals surface area contributed by atoms with Gasteiger partial charge in [-0.25, -0.2) is 0 Å². The standard InChI is InChI=1S/C15H18F3NO2/c16-15(17,18)12-4-1-11(2-5-12)3-6-13(21)19-9-14(10-20)7-8-14/h1-2,4-5,20H,3,6-10H2,(H,19,21). The van der Waals surface area contributed by atoms with Crippen LogP contribution in [0.4, 0.5) is 13.2 Å². The number of aliphatic hydroxyl groups excluding tert-OH is 1. The molecule has 1 aromatic carbocycles. The lowest BCUT2D eigenvalue weighted by molar-refractivity contribution is -0.137. The largest absolute Gasteiger partial charge is 0.416 e. The molecule has 1 aliphatic carbocycles. The molecule has 0 saturated heterocycles. The zero-order valence-electron chi connectivity index (χ0n) is 11.5. The third-order valence-electron chi connectivity index (χ3n) is 3.88. The van der Waals surface area contributed by atoms with Crippen molar-refractivity contribution in [2.24, 2.45) is 5.41 Å². The van der Waals surface area contributed by atoms with Crippen LogP contribution < -0.4 is 5.32 Å². The third kappa shape index (κ3) is 4.46. The molecule has 0 heterocycles. The van der Waals surface area contributed by atoms with Gasteiger partial charge < -0.3 is 10.4 Å². The van der Waals surface area contributed by atoms with Crippen LogP contribution in [0.15, 0.2) is 24.3 Å². The number of aryl methyl sites for hydroxylation is 1. The Labute approximate surface area is 121 Å². The number of alkyl halides is 3. The molecule has 6 heteroatoms. The molecule has 0 aliphatic heterocycles. The first-order valence-electron chi connectivity index (χ1n) is 6.88. The van der Waals surface area contributed by atoms with Crippen molar-refractivity contribution < 1.29 is 23.1 Å². The maximum absolute atomic E-state index is 12.4. The van der Waals surface area contributed by atoms with Crippen LogP contribution in [0.3, 0.4) is 0 Å². The molecule has 116 valence electrons. The molecular weight excluding hydrogens is 283 g/mol. The number of carbonyl (C=O) groups excluding carboxylic acids is 1. The number of amides is 1. The van der Waals surface area contributed by atoms with Gasteiger partial charge >= 0.3 is 6.18 Å². The molecule has 1 aliphatic rings. The van der Waals surface area contributed by atoms with E-state index in [1.54, 1.807) is 0 Å². The normalized spacial score (nSPS) is 16.6. The lowest BCUT2D eigenvalue weighted by Crippen LogP contribution is -2.31. The van der Waals surface area contributed by atoms with Crippen molar-refractivity contribution in [2.75, 3.05) is 13.2 Å². The number of aliphatic hydroxyl groups is 1. The molecule has 0 aromatic heterocycles. The lowest BCUT2D eigenvalue weighted by atomic mass is 10.1. The van der Waals surface area contributed by atoms with Gasteiger partial charge in [-0.05, 0) is 37.0 Å². The number of benzene rings is 1. The Morgan fingerprint density at radius 3 is 2.33 bits per heavy atom. The van der Waals surface area contributed by atoms with E-state index in [0.717, 1.165) is 25.0 Å². The van der Waals surface area contributed by atoms with E-state index in [2.05, 4.69) is 5.32 Å². The Balaban J connectivity index is 1.76. The van der Waals surface area contributed by atoms with Gasteiger partial charge in [0.25, 0.3) is 0 Å². The van der Waals surface area contributed by atoms with Crippen molar-refractivity contribution in [1.29, 1.82) is 0 Å². The summed E-state index contributed by atoms with van der Waals surface area (Å²) in [5.74, 6) is -0.144. The van der Waals surface area contributed by atoms with Crippen molar-refractivity contribution in [3.05, 3.63) is 35.4 Å². The summed E-state index contributed by atoms with van der Waals surface area (Å²) in [5.41, 5.74) is -0.125. The van der Waals surface area contributed by atoms with Gasteiger partial charge in [0, 0.05) is 18.4 Å². The fourth-order valence-electron chi connectivity index (χ4n) is 2.06. The highest BCUT2D eigenvalue weighted by molar-refractivity contribution is 5.76. The molecule has 1 saturated carbocycles. The number of halogens is 3. The molecule has 21 heavy (non-hydrogen) atoms. The summed E-state index contributed by atoms with van der Waals surface area (Å²) in [6, 6.07) is 4.84. The second-order valence-electron chi connectivity index (χ2n) is 5.63. The third-order valence-corrected chi connectivity index (χ3v) is 3.88. The fourth-order valence-corrected chi connectivity index (χ4v) is 2.06. The predicted octanol–water partition coefficient (Wildman–Crippen LogP) is 2.53. The Bertz CT molecular complexity index is 493. The Kier molecular flexibility index (Phi) is 4.56. The highest BCUT2D eigenvalue weighted by Gasteiger charge is 2.41. The van der Waals surface area contributed by atoms with E-state index in [-0.39, 0.29) is 24.3 Å². The van der Waals surface area contributed by atoms with E-state index in [1.165, 1.54) is 12.1 Å². The van der Waals surface area contributed by atoms with Gasteiger partial charge in [-0.2, -0.15) is 13.2 Å².